The number of alkyl halides is 3. The number of carboxylic acids is 1. The van der Waals surface area contributed by atoms with Crippen LogP contribution in [0.1, 0.15) is 18.5 Å². The van der Waals surface area contributed by atoms with E-state index in [0.29, 0.717) is 25.5 Å². The molecule has 1 N–H and O–H groups in total. The van der Waals surface area contributed by atoms with Crippen LogP contribution >= 0.6 is 0 Å². The number of aromatic nitrogens is 2. The van der Waals surface area contributed by atoms with Crippen molar-refractivity contribution < 1.29 is 37.3 Å². The van der Waals surface area contributed by atoms with Crippen molar-refractivity contribution in [1.29, 1.82) is 0 Å². The first kappa shape index (κ1) is 23.5. The number of rotatable bonds is 4. The summed E-state index contributed by atoms with van der Waals surface area (Å²) in [6.45, 7) is 1.24. The lowest BCUT2D eigenvalue weighted by Crippen LogP contribution is -2.44. The summed E-state index contributed by atoms with van der Waals surface area (Å²) in [7, 11) is 0. The van der Waals surface area contributed by atoms with Gasteiger partial charge in [-0.3, -0.25) is 9.78 Å². The molecule has 0 bridgehead atoms. The zero-order valence-corrected chi connectivity index (χ0v) is 16.9. The van der Waals surface area contributed by atoms with Crippen LogP contribution in [0.15, 0.2) is 48.8 Å². The summed E-state index contributed by atoms with van der Waals surface area (Å²) >= 11 is 0. The standard InChI is InChI=1S/C19H21N3O3.C2HF3O2/c23-18(12-14-6-1-3-9-20-14)22-13-16(19-15(22)7-5-11-24-19)25-17-8-2-4-10-21-17;3-2(4,5)1(6)7/h1-4,6,8-10,15-16,19H,5,7,11-13H2;(H,6,7)/t15-,16-,19+;/m1./s1. The number of halogens is 3. The average molecular weight is 453 g/mol. The van der Waals surface area contributed by atoms with Crippen molar-refractivity contribution in [2.24, 2.45) is 0 Å². The molecule has 0 saturated carbocycles. The van der Waals surface area contributed by atoms with Crippen LogP contribution in [-0.2, 0) is 20.7 Å². The van der Waals surface area contributed by atoms with Crippen molar-refractivity contribution in [2.45, 2.75) is 43.7 Å². The Morgan fingerprint density at radius 2 is 1.84 bits per heavy atom. The van der Waals surface area contributed by atoms with Gasteiger partial charge in [0.15, 0.2) is 0 Å². The van der Waals surface area contributed by atoms with E-state index in [1.807, 2.05) is 41.3 Å². The van der Waals surface area contributed by atoms with E-state index in [1.165, 1.54) is 0 Å². The fraction of sp³-hybridized carbons (Fsp3) is 0.429. The molecular formula is C21H22F3N3O5. The molecule has 2 aliphatic rings. The molecule has 0 aromatic carbocycles. The predicted octanol–water partition coefficient (Wildman–Crippen LogP) is 2.49. The van der Waals surface area contributed by atoms with E-state index in [4.69, 9.17) is 19.4 Å². The molecule has 2 aromatic rings. The van der Waals surface area contributed by atoms with E-state index in [1.54, 1.807) is 12.4 Å². The lowest BCUT2D eigenvalue weighted by atomic mass is 10.0. The van der Waals surface area contributed by atoms with Crippen LogP contribution in [0.2, 0.25) is 0 Å². The van der Waals surface area contributed by atoms with E-state index in [2.05, 4.69) is 9.97 Å². The maximum Gasteiger partial charge on any atom is 0.490 e. The number of carbonyl (C=O) groups is 2. The van der Waals surface area contributed by atoms with Gasteiger partial charge in [0.2, 0.25) is 11.8 Å². The van der Waals surface area contributed by atoms with Crippen LogP contribution in [0.5, 0.6) is 5.88 Å². The Bertz CT molecular complexity index is 899. The number of fused-ring (bicyclic) bond motifs is 1. The van der Waals surface area contributed by atoms with Crippen molar-refractivity contribution in [3.63, 3.8) is 0 Å². The van der Waals surface area contributed by atoms with Crippen LogP contribution in [0.4, 0.5) is 13.2 Å². The van der Waals surface area contributed by atoms with Crippen molar-refractivity contribution in [3.05, 3.63) is 54.5 Å². The second kappa shape index (κ2) is 10.4. The van der Waals surface area contributed by atoms with Crippen molar-refractivity contribution >= 4 is 11.9 Å². The number of likely N-dealkylation sites (tertiary alicyclic amines) is 1. The number of pyridine rings is 2. The van der Waals surface area contributed by atoms with Crippen LogP contribution < -0.4 is 4.74 Å². The van der Waals surface area contributed by atoms with Gasteiger partial charge in [0.25, 0.3) is 0 Å². The highest BCUT2D eigenvalue weighted by Crippen LogP contribution is 2.31. The Kier molecular flexibility index (Phi) is 7.62. The van der Waals surface area contributed by atoms with Gasteiger partial charge in [-0.1, -0.05) is 12.1 Å². The van der Waals surface area contributed by atoms with Crippen LogP contribution in [0.3, 0.4) is 0 Å². The molecule has 2 saturated heterocycles. The van der Waals surface area contributed by atoms with Gasteiger partial charge in [-0.2, -0.15) is 13.2 Å². The summed E-state index contributed by atoms with van der Waals surface area (Å²) in [6, 6.07) is 11.3. The van der Waals surface area contributed by atoms with Gasteiger partial charge in [-0.25, -0.2) is 9.78 Å². The van der Waals surface area contributed by atoms with Gasteiger partial charge in [-0.05, 0) is 31.0 Å². The van der Waals surface area contributed by atoms with Crippen LogP contribution in [-0.4, -0.2) is 69.4 Å². The van der Waals surface area contributed by atoms with Crippen LogP contribution in [0.25, 0.3) is 0 Å². The highest BCUT2D eigenvalue weighted by atomic mass is 19.4. The van der Waals surface area contributed by atoms with Crippen LogP contribution in [0, 0.1) is 0 Å². The minimum Gasteiger partial charge on any atom is -0.475 e. The third kappa shape index (κ3) is 6.16. The lowest BCUT2D eigenvalue weighted by molar-refractivity contribution is -0.192. The summed E-state index contributed by atoms with van der Waals surface area (Å²) < 4.78 is 43.7. The van der Waals surface area contributed by atoms with Gasteiger partial charge in [0.05, 0.1) is 19.0 Å². The molecular weight excluding hydrogens is 431 g/mol. The maximum atomic E-state index is 12.8. The molecule has 1 amide bonds. The molecule has 11 heteroatoms. The Labute approximate surface area is 182 Å². The van der Waals surface area contributed by atoms with E-state index < -0.39 is 12.1 Å². The molecule has 0 radical (unpaired) electrons. The second-order valence-electron chi connectivity index (χ2n) is 7.22. The molecule has 3 atom stereocenters. The summed E-state index contributed by atoms with van der Waals surface area (Å²) in [5, 5.41) is 7.12. The zero-order chi connectivity index (χ0) is 23.1. The van der Waals surface area contributed by atoms with Gasteiger partial charge < -0.3 is 19.5 Å². The minimum atomic E-state index is -5.08. The number of hydrogen-bond donors (Lipinski definition) is 1. The Balaban J connectivity index is 0.000000360. The topological polar surface area (TPSA) is 102 Å². The summed E-state index contributed by atoms with van der Waals surface area (Å²) in [5.74, 6) is -2.11. The van der Waals surface area contributed by atoms with Gasteiger partial charge in [0.1, 0.15) is 12.2 Å². The first-order chi connectivity index (χ1) is 15.3. The molecule has 0 spiro atoms. The molecule has 0 unspecified atom stereocenters. The summed E-state index contributed by atoms with van der Waals surface area (Å²) in [4.78, 5) is 32.1. The second-order valence-corrected chi connectivity index (χ2v) is 7.22. The number of hydrogen-bond acceptors (Lipinski definition) is 6. The fourth-order valence-electron chi connectivity index (χ4n) is 3.63. The largest absolute Gasteiger partial charge is 0.490 e. The molecule has 0 aliphatic carbocycles. The zero-order valence-electron chi connectivity index (χ0n) is 16.9. The lowest BCUT2D eigenvalue weighted by Gasteiger charge is -2.32. The van der Waals surface area contributed by atoms with Crippen molar-refractivity contribution in [1.82, 2.24) is 14.9 Å². The molecule has 2 aliphatic heterocycles. The Morgan fingerprint density at radius 1 is 1.16 bits per heavy atom. The molecule has 32 heavy (non-hydrogen) atoms. The third-order valence-corrected chi connectivity index (χ3v) is 5.01. The van der Waals surface area contributed by atoms with Gasteiger partial charge >= 0.3 is 12.1 Å². The van der Waals surface area contributed by atoms with E-state index >= 15 is 0 Å². The number of nitrogens with zero attached hydrogens (tertiary/aromatic N) is 3. The molecule has 4 rings (SSSR count). The number of carboxylic acid groups (broad SMARTS) is 1. The number of aliphatic carboxylic acids is 1. The summed E-state index contributed by atoms with van der Waals surface area (Å²) in [6.07, 6.45) is 0.266. The Morgan fingerprint density at radius 3 is 2.44 bits per heavy atom. The Hall–Kier alpha value is -3.21. The SMILES string of the molecule is O=C(Cc1ccccn1)N1C[C@@H](Oc2ccccn2)[C@H]2OCCC[C@H]21.O=C(O)C(F)(F)F. The predicted molar refractivity (Wildman–Crippen MR) is 105 cm³/mol. The maximum absolute atomic E-state index is 12.8. The monoisotopic (exact) mass is 453 g/mol. The van der Waals surface area contributed by atoms with Gasteiger partial charge in [-0.15, -0.1) is 0 Å². The molecule has 8 nitrogen and oxygen atoms in total. The molecule has 2 fully saturated rings. The molecule has 4 heterocycles. The minimum absolute atomic E-state index is 0.0682. The normalized spacial score (nSPS) is 22.3. The van der Waals surface area contributed by atoms with Gasteiger partial charge in [0, 0.05) is 30.8 Å². The fourth-order valence-corrected chi connectivity index (χ4v) is 3.63. The molecule has 172 valence electrons. The number of carbonyl (C=O) groups excluding carboxylic acids is 1. The smallest absolute Gasteiger partial charge is 0.475 e. The average Bonchev–Trinajstić information content (AvgIpc) is 3.14. The van der Waals surface area contributed by atoms with Crippen molar-refractivity contribution in [2.75, 3.05) is 13.2 Å². The quantitative estimate of drug-likeness (QED) is 0.759. The third-order valence-electron chi connectivity index (χ3n) is 5.01. The summed E-state index contributed by atoms with van der Waals surface area (Å²) in [5.41, 5.74) is 0.787. The van der Waals surface area contributed by atoms with Crippen molar-refractivity contribution in [3.8, 4) is 5.88 Å². The number of ether oxygens (including phenoxy) is 2. The first-order valence-corrected chi connectivity index (χ1v) is 9.94. The van der Waals surface area contributed by atoms with E-state index in [-0.39, 0.29) is 24.2 Å². The number of amides is 1. The molecule has 2 aromatic heterocycles. The van der Waals surface area contributed by atoms with E-state index in [0.717, 1.165) is 18.5 Å². The highest BCUT2D eigenvalue weighted by Gasteiger charge is 2.47. The highest BCUT2D eigenvalue weighted by molar-refractivity contribution is 5.79. The van der Waals surface area contributed by atoms with E-state index in [9.17, 15) is 18.0 Å². The first-order valence-electron chi connectivity index (χ1n) is 9.94.